The van der Waals surface area contributed by atoms with Crippen LogP contribution in [0.5, 0.6) is 0 Å². The van der Waals surface area contributed by atoms with Crippen molar-refractivity contribution >= 4 is 43.5 Å². The fraction of sp³-hybridized carbons (Fsp3) is 0. The molecule has 0 aliphatic carbocycles. The molecule has 0 aliphatic heterocycles. The predicted molar refractivity (Wildman–Crippen MR) is 241 cm³/mol. The lowest BCUT2D eigenvalue weighted by atomic mass is 9.89. The van der Waals surface area contributed by atoms with Gasteiger partial charge in [-0.3, -0.25) is 0 Å². The van der Waals surface area contributed by atoms with Gasteiger partial charge in [-0.25, -0.2) is 0 Å². The van der Waals surface area contributed by atoms with Crippen LogP contribution in [0.4, 0.5) is 0 Å². The second-order valence-corrected chi connectivity index (χ2v) is 14.8. The molecule has 0 spiro atoms. The van der Waals surface area contributed by atoms with E-state index < -0.39 is 0 Å². The first kappa shape index (κ1) is 32.9. The van der Waals surface area contributed by atoms with Crippen LogP contribution in [-0.2, 0) is 0 Å². The van der Waals surface area contributed by atoms with Crippen molar-refractivity contribution in [3.63, 3.8) is 0 Å². The molecule has 0 saturated carbocycles. The maximum atomic E-state index is 6.87. The van der Waals surface area contributed by atoms with E-state index in [2.05, 4.69) is 218 Å². The molecule has 0 amide bonds. The molecule has 11 aromatic rings. The van der Waals surface area contributed by atoms with Gasteiger partial charge in [0, 0.05) is 16.3 Å². The highest BCUT2D eigenvalue weighted by atomic mass is 16.3. The smallest absolute Gasteiger partial charge is 0.143 e. The van der Waals surface area contributed by atoms with E-state index in [0.29, 0.717) is 0 Å². The maximum Gasteiger partial charge on any atom is 0.143 e. The zero-order valence-corrected chi connectivity index (χ0v) is 31.2. The zero-order chi connectivity index (χ0) is 37.7. The molecule has 0 atom stereocenters. The summed E-state index contributed by atoms with van der Waals surface area (Å²) in [5.74, 6) is 0. The van der Waals surface area contributed by atoms with E-state index in [0.717, 1.165) is 44.2 Å². The van der Waals surface area contributed by atoms with Crippen LogP contribution in [0.15, 0.2) is 223 Å². The van der Waals surface area contributed by atoms with E-state index >= 15 is 0 Å². The monoisotopic (exact) mass is 724 g/mol. The van der Waals surface area contributed by atoms with Crippen molar-refractivity contribution in [2.45, 2.75) is 0 Å². The van der Waals surface area contributed by atoms with Crippen LogP contribution >= 0.6 is 0 Å². The highest BCUT2D eigenvalue weighted by Crippen LogP contribution is 2.44. The van der Waals surface area contributed by atoms with Gasteiger partial charge < -0.3 is 4.42 Å². The Morgan fingerprint density at radius 3 is 1.33 bits per heavy atom. The molecule has 266 valence electrons. The van der Waals surface area contributed by atoms with Gasteiger partial charge in [-0.2, -0.15) is 0 Å². The van der Waals surface area contributed by atoms with Crippen molar-refractivity contribution in [3.05, 3.63) is 218 Å². The van der Waals surface area contributed by atoms with Gasteiger partial charge >= 0.3 is 0 Å². The molecule has 0 fully saturated rings. The molecule has 0 unspecified atom stereocenters. The number of benzene rings is 10. The SMILES string of the molecule is c1ccc(-c2ccccc2-c2ccc3oc4c(-c5ccc(-c6cc7ccccc7c7ccccc67)cc5)cc(-c5ccccc5-c5ccccc5)cc4c3c2)cc1. The number of hydrogen-bond donors (Lipinski definition) is 0. The van der Waals surface area contributed by atoms with Crippen LogP contribution in [0.25, 0.3) is 110 Å². The van der Waals surface area contributed by atoms with Crippen molar-refractivity contribution in [2.24, 2.45) is 0 Å². The first-order valence-electron chi connectivity index (χ1n) is 19.6. The van der Waals surface area contributed by atoms with Crippen LogP contribution < -0.4 is 0 Å². The van der Waals surface area contributed by atoms with Gasteiger partial charge in [0.1, 0.15) is 11.2 Å². The maximum absolute atomic E-state index is 6.87. The summed E-state index contributed by atoms with van der Waals surface area (Å²) in [6.07, 6.45) is 0. The second-order valence-electron chi connectivity index (χ2n) is 14.8. The summed E-state index contributed by atoms with van der Waals surface area (Å²) in [6.45, 7) is 0. The van der Waals surface area contributed by atoms with Gasteiger partial charge in [-0.05, 0) is 113 Å². The Bertz CT molecular complexity index is 3260. The predicted octanol–water partition coefficient (Wildman–Crippen LogP) is 15.9. The number of fused-ring (bicyclic) bond motifs is 6. The number of furan rings is 1. The van der Waals surface area contributed by atoms with Gasteiger partial charge in [0.15, 0.2) is 0 Å². The molecule has 1 aromatic heterocycles. The lowest BCUT2D eigenvalue weighted by Gasteiger charge is -2.14. The van der Waals surface area contributed by atoms with Gasteiger partial charge in [0.25, 0.3) is 0 Å². The van der Waals surface area contributed by atoms with Crippen LogP contribution in [0.2, 0.25) is 0 Å². The summed E-state index contributed by atoms with van der Waals surface area (Å²) < 4.78 is 6.87. The Balaban J connectivity index is 1.12. The molecule has 57 heavy (non-hydrogen) atoms. The molecule has 11 rings (SSSR count). The van der Waals surface area contributed by atoms with Crippen LogP contribution in [-0.4, -0.2) is 0 Å². The number of rotatable bonds is 6. The van der Waals surface area contributed by atoms with Crippen molar-refractivity contribution in [2.75, 3.05) is 0 Å². The van der Waals surface area contributed by atoms with E-state index in [9.17, 15) is 0 Å². The quantitative estimate of drug-likeness (QED) is 0.156. The van der Waals surface area contributed by atoms with Crippen molar-refractivity contribution in [1.29, 1.82) is 0 Å². The van der Waals surface area contributed by atoms with Gasteiger partial charge in [-0.15, -0.1) is 0 Å². The fourth-order valence-electron chi connectivity index (χ4n) is 8.75. The van der Waals surface area contributed by atoms with Gasteiger partial charge in [0.2, 0.25) is 0 Å². The minimum atomic E-state index is 0.875. The van der Waals surface area contributed by atoms with Gasteiger partial charge in [0.05, 0.1) is 0 Å². The molecule has 10 aromatic carbocycles. The van der Waals surface area contributed by atoms with E-state index in [1.807, 2.05) is 0 Å². The van der Waals surface area contributed by atoms with Gasteiger partial charge in [-0.1, -0.05) is 188 Å². The fourth-order valence-corrected chi connectivity index (χ4v) is 8.75. The lowest BCUT2D eigenvalue weighted by Crippen LogP contribution is -1.88. The average molecular weight is 725 g/mol. The van der Waals surface area contributed by atoms with Crippen LogP contribution in [0, 0.1) is 0 Å². The lowest BCUT2D eigenvalue weighted by molar-refractivity contribution is 0.670. The van der Waals surface area contributed by atoms with E-state index in [1.54, 1.807) is 0 Å². The highest BCUT2D eigenvalue weighted by Gasteiger charge is 2.19. The largest absolute Gasteiger partial charge is 0.455 e. The molecule has 0 N–H and O–H groups in total. The van der Waals surface area contributed by atoms with Crippen LogP contribution in [0.1, 0.15) is 0 Å². The molecule has 1 heteroatoms. The van der Waals surface area contributed by atoms with E-state index in [1.165, 1.54) is 66.1 Å². The molecule has 1 nitrogen and oxygen atoms in total. The Morgan fingerprint density at radius 1 is 0.228 bits per heavy atom. The molecule has 0 saturated heterocycles. The third-order valence-corrected chi connectivity index (χ3v) is 11.5. The Hall–Kier alpha value is -7.48. The van der Waals surface area contributed by atoms with E-state index in [4.69, 9.17) is 4.42 Å². The standard InChI is InChI=1S/C56H36O/c1-3-15-37(16-4-1)44-20-9-11-22-46(44)42-31-32-55-53(34-42)54-36-43(48-24-12-10-21-45(48)38-17-5-2-6-18-38)35-52(56(54)57-55)40-29-27-39(28-30-40)51-33-41-19-7-8-23-47(41)49-25-13-14-26-50(49)51/h1-36H. The Morgan fingerprint density at radius 2 is 0.684 bits per heavy atom. The Kier molecular flexibility index (Phi) is 7.89. The van der Waals surface area contributed by atoms with Crippen LogP contribution in [0.3, 0.4) is 0 Å². The van der Waals surface area contributed by atoms with Crippen molar-refractivity contribution in [3.8, 4) is 66.8 Å². The molecular formula is C56H36O. The van der Waals surface area contributed by atoms with Crippen molar-refractivity contribution in [1.82, 2.24) is 0 Å². The molecule has 0 aliphatic rings. The summed E-state index contributed by atoms with van der Waals surface area (Å²) >= 11 is 0. The minimum absolute atomic E-state index is 0.875. The van der Waals surface area contributed by atoms with E-state index in [-0.39, 0.29) is 0 Å². The first-order chi connectivity index (χ1) is 28.3. The zero-order valence-electron chi connectivity index (χ0n) is 31.2. The second kappa shape index (κ2) is 13.7. The molecule has 0 bridgehead atoms. The normalized spacial score (nSPS) is 11.5. The van der Waals surface area contributed by atoms with Crippen molar-refractivity contribution < 1.29 is 4.42 Å². The third-order valence-electron chi connectivity index (χ3n) is 11.5. The first-order valence-corrected chi connectivity index (χ1v) is 19.6. The summed E-state index contributed by atoms with van der Waals surface area (Å²) in [7, 11) is 0. The summed E-state index contributed by atoms with van der Waals surface area (Å²) in [6, 6.07) is 78.8. The number of hydrogen-bond acceptors (Lipinski definition) is 1. The summed E-state index contributed by atoms with van der Waals surface area (Å²) in [5.41, 5.74) is 15.9. The highest BCUT2D eigenvalue weighted by molar-refractivity contribution is 6.15. The summed E-state index contributed by atoms with van der Waals surface area (Å²) in [5, 5.41) is 7.26. The third kappa shape index (κ3) is 5.72. The average Bonchev–Trinajstić information content (AvgIpc) is 3.67. The molecule has 1 heterocycles. The topological polar surface area (TPSA) is 13.1 Å². The molecule has 0 radical (unpaired) electrons. The summed E-state index contributed by atoms with van der Waals surface area (Å²) in [4.78, 5) is 0. The Labute approximate surface area is 331 Å². The molecular weight excluding hydrogens is 689 g/mol. The minimum Gasteiger partial charge on any atom is -0.455 e.